The van der Waals surface area contributed by atoms with E-state index in [2.05, 4.69) is 39.8 Å². The third kappa shape index (κ3) is 4.45. The summed E-state index contributed by atoms with van der Waals surface area (Å²) in [6, 6.07) is 0. The molecule has 1 aliphatic carbocycles. The van der Waals surface area contributed by atoms with Gasteiger partial charge in [0, 0.05) is 5.54 Å². The predicted octanol–water partition coefficient (Wildman–Crippen LogP) is 4.57. The summed E-state index contributed by atoms with van der Waals surface area (Å²) in [5, 5.41) is 0. The molecule has 0 aliphatic heterocycles. The van der Waals surface area contributed by atoms with Crippen molar-refractivity contribution in [1.82, 2.24) is 4.90 Å². The van der Waals surface area contributed by atoms with Gasteiger partial charge in [0.05, 0.1) is 0 Å². The standard InChI is InChI=1S/C13H27N.C2H6/c1-11(2)10-13(14(4)5)8-6-12(3)7-9-13;1-2/h11-12H,6-10H2,1-5H3;1-2H3. The average Bonchev–Trinajstić information content (AvgIpc) is 2.24. The highest BCUT2D eigenvalue weighted by molar-refractivity contribution is 4.92. The Balaban J connectivity index is 0.00000106. The van der Waals surface area contributed by atoms with Gasteiger partial charge in [-0.1, -0.05) is 34.6 Å². The van der Waals surface area contributed by atoms with Crippen molar-refractivity contribution < 1.29 is 0 Å². The van der Waals surface area contributed by atoms with E-state index in [9.17, 15) is 0 Å². The molecule has 1 heteroatoms. The van der Waals surface area contributed by atoms with Crippen molar-refractivity contribution in [1.29, 1.82) is 0 Å². The monoisotopic (exact) mass is 227 g/mol. The first-order valence-corrected chi connectivity index (χ1v) is 7.14. The molecule has 0 N–H and O–H groups in total. The minimum Gasteiger partial charge on any atom is -0.304 e. The summed E-state index contributed by atoms with van der Waals surface area (Å²) in [4.78, 5) is 2.48. The van der Waals surface area contributed by atoms with Gasteiger partial charge in [-0.2, -0.15) is 0 Å². The quantitative estimate of drug-likeness (QED) is 0.682. The summed E-state index contributed by atoms with van der Waals surface area (Å²) in [6.45, 7) is 11.1. The normalized spacial score (nSPS) is 30.2. The van der Waals surface area contributed by atoms with Gasteiger partial charge in [-0.15, -0.1) is 0 Å². The Hall–Kier alpha value is -0.0400. The van der Waals surface area contributed by atoms with Crippen LogP contribution < -0.4 is 0 Å². The van der Waals surface area contributed by atoms with Gasteiger partial charge in [-0.3, -0.25) is 0 Å². The van der Waals surface area contributed by atoms with Crippen LogP contribution in [0.25, 0.3) is 0 Å². The van der Waals surface area contributed by atoms with E-state index in [1.807, 2.05) is 13.8 Å². The summed E-state index contributed by atoms with van der Waals surface area (Å²) in [6.07, 6.45) is 7.02. The Bertz CT molecular complexity index is 164. The first-order chi connectivity index (χ1) is 7.46. The van der Waals surface area contributed by atoms with E-state index in [1.54, 1.807) is 0 Å². The molecule has 0 bridgehead atoms. The maximum Gasteiger partial charge on any atom is 0.0206 e. The van der Waals surface area contributed by atoms with Crippen molar-refractivity contribution >= 4 is 0 Å². The second-order valence-electron chi connectivity index (χ2n) is 5.90. The van der Waals surface area contributed by atoms with Crippen LogP contribution in [0.4, 0.5) is 0 Å². The molecule has 1 saturated carbocycles. The number of hydrogen-bond acceptors (Lipinski definition) is 1. The molecular formula is C15H33N. The molecule has 16 heavy (non-hydrogen) atoms. The fourth-order valence-corrected chi connectivity index (χ4v) is 2.89. The summed E-state index contributed by atoms with van der Waals surface area (Å²) in [7, 11) is 4.52. The molecule has 0 amide bonds. The molecule has 0 unspecified atom stereocenters. The second-order valence-corrected chi connectivity index (χ2v) is 5.90. The maximum absolute atomic E-state index is 2.48. The number of nitrogens with zero attached hydrogens (tertiary/aromatic N) is 1. The van der Waals surface area contributed by atoms with Gasteiger partial charge in [0.1, 0.15) is 0 Å². The van der Waals surface area contributed by atoms with Crippen LogP contribution in [-0.4, -0.2) is 24.5 Å². The lowest BCUT2D eigenvalue weighted by Gasteiger charge is -2.46. The highest BCUT2D eigenvalue weighted by Gasteiger charge is 2.36. The van der Waals surface area contributed by atoms with Crippen molar-refractivity contribution in [2.45, 2.75) is 72.3 Å². The van der Waals surface area contributed by atoms with E-state index in [0.717, 1.165) is 11.8 Å². The van der Waals surface area contributed by atoms with Crippen LogP contribution in [0.15, 0.2) is 0 Å². The van der Waals surface area contributed by atoms with Crippen molar-refractivity contribution in [3.05, 3.63) is 0 Å². The molecule has 0 aromatic heterocycles. The zero-order chi connectivity index (χ0) is 12.8. The zero-order valence-electron chi connectivity index (χ0n) is 12.6. The van der Waals surface area contributed by atoms with Gasteiger partial charge in [-0.05, 0) is 58.0 Å². The Morgan fingerprint density at radius 1 is 1.12 bits per heavy atom. The second kappa shape index (κ2) is 7.32. The third-order valence-electron chi connectivity index (χ3n) is 3.94. The largest absolute Gasteiger partial charge is 0.304 e. The van der Waals surface area contributed by atoms with Gasteiger partial charge in [0.25, 0.3) is 0 Å². The van der Waals surface area contributed by atoms with Gasteiger partial charge < -0.3 is 4.90 Å². The Kier molecular flexibility index (Phi) is 7.30. The molecule has 0 spiro atoms. The minimum absolute atomic E-state index is 0.515. The molecule has 0 heterocycles. The SMILES string of the molecule is CC.CC(C)CC1(N(C)C)CCC(C)CC1. The van der Waals surface area contributed by atoms with Crippen molar-refractivity contribution in [3.63, 3.8) is 0 Å². The molecule has 1 nitrogen and oxygen atoms in total. The van der Waals surface area contributed by atoms with E-state index in [0.29, 0.717) is 5.54 Å². The summed E-state index contributed by atoms with van der Waals surface area (Å²) in [5.41, 5.74) is 0.515. The Morgan fingerprint density at radius 2 is 1.56 bits per heavy atom. The zero-order valence-corrected chi connectivity index (χ0v) is 12.6. The third-order valence-corrected chi connectivity index (χ3v) is 3.94. The number of rotatable bonds is 3. The van der Waals surface area contributed by atoms with Crippen LogP contribution in [-0.2, 0) is 0 Å². The molecule has 1 fully saturated rings. The minimum atomic E-state index is 0.515. The summed E-state index contributed by atoms with van der Waals surface area (Å²) < 4.78 is 0. The van der Waals surface area contributed by atoms with Crippen LogP contribution in [0.5, 0.6) is 0 Å². The highest BCUT2D eigenvalue weighted by atomic mass is 15.1. The molecule has 1 aliphatic rings. The lowest BCUT2D eigenvalue weighted by Crippen LogP contribution is -2.47. The molecule has 0 saturated heterocycles. The molecule has 1 rings (SSSR count). The van der Waals surface area contributed by atoms with Gasteiger partial charge in [0.15, 0.2) is 0 Å². The lowest BCUT2D eigenvalue weighted by molar-refractivity contribution is 0.0618. The number of hydrogen-bond donors (Lipinski definition) is 0. The van der Waals surface area contributed by atoms with Crippen LogP contribution in [0.1, 0.15) is 66.7 Å². The molecule has 98 valence electrons. The average molecular weight is 227 g/mol. The van der Waals surface area contributed by atoms with Crippen LogP contribution >= 0.6 is 0 Å². The highest BCUT2D eigenvalue weighted by Crippen LogP contribution is 2.39. The van der Waals surface area contributed by atoms with E-state index in [4.69, 9.17) is 0 Å². The van der Waals surface area contributed by atoms with Crippen LogP contribution in [0, 0.1) is 11.8 Å². The van der Waals surface area contributed by atoms with Gasteiger partial charge >= 0.3 is 0 Å². The maximum atomic E-state index is 2.48. The van der Waals surface area contributed by atoms with E-state index >= 15 is 0 Å². The fourth-order valence-electron chi connectivity index (χ4n) is 2.89. The van der Waals surface area contributed by atoms with Crippen molar-refractivity contribution in [3.8, 4) is 0 Å². The molecule has 0 atom stereocenters. The van der Waals surface area contributed by atoms with Crippen molar-refractivity contribution in [2.75, 3.05) is 14.1 Å². The molecule has 0 aromatic rings. The van der Waals surface area contributed by atoms with Crippen LogP contribution in [0.3, 0.4) is 0 Å². The predicted molar refractivity (Wildman–Crippen MR) is 74.9 cm³/mol. The van der Waals surface area contributed by atoms with E-state index in [-0.39, 0.29) is 0 Å². The fraction of sp³-hybridized carbons (Fsp3) is 1.00. The first-order valence-electron chi connectivity index (χ1n) is 7.14. The first kappa shape index (κ1) is 16.0. The summed E-state index contributed by atoms with van der Waals surface area (Å²) >= 11 is 0. The lowest BCUT2D eigenvalue weighted by atomic mass is 9.72. The Morgan fingerprint density at radius 3 is 1.88 bits per heavy atom. The molecular weight excluding hydrogens is 194 g/mol. The summed E-state index contributed by atoms with van der Waals surface area (Å²) in [5.74, 6) is 1.78. The van der Waals surface area contributed by atoms with Crippen LogP contribution in [0.2, 0.25) is 0 Å². The van der Waals surface area contributed by atoms with Crippen molar-refractivity contribution in [2.24, 2.45) is 11.8 Å². The smallest absolute Gasteiger partial charge is 0.0206 e. The van der Waals surface area contributed by atoms with Gasteiger partial charge in [-0.25, -0.2) is 0 Å². The van der Waals surface area contributed by atoms with E-state index < -0.39 is 0 Å². The molecule has 0 radical (unpaired) electrons. The Labute approximate surface area is 104 Å². The van der Waals surface area contributed by atoms with Gasteiger partial charge in [0.2, 0.25) is 0 Å². The molecule has 0 aromatic carbocycles. The van der Waals surface area contributed by atoms with E-state index in [1.165, 1.54) is 32.1 Å². The topological polar surface area (TPSA) is 3.24 Å².